The molecular formula is C21H25NO9. The molecule has 0 aliphatic rings. The van der Waals surface area contributed by atoms with Crippen molar-refractivity contribution in [1.82, 2.24) is 5.32 Å². The largest absolute Gasteiger partial charge is 0.507 e. The van der Waals surface area contributed by atoms with Gasteiger partial charge in [-0.3, -0.25) is 9.59 Å². The van der Waals surface area contributed by atoms with Crippen molar-refractivity contribution in [2.75, 3.05) is 27.9 Å². The predicted molar refractivity (Wildman–Crippen MR) is 109 cm³/mol. The Hall–Kier alpha value is -3.69. The Morgan fingerprint density at radius 3 is 2.35 bits per heavy atom. The van der Waals surface area contributed by atoms with Gasteiger partial charge in [-0.15, -0.1) is 0 Å². The first-order chi connectivity index (χ1) is 14.7. The van der Waals surface area contributed by atoms with Crippen LogP contribution >= 0.6 is 0 Å². The van der Waals surface area contributed by atoms with E-state index in [4.69, 9.17) is 23.7 Å². The van der Waals surface area contributed by atoms with Crippen LogP contribution in [0.15, 0.2) is 27.4 Å². The van der Waals surface area contributed by atoms with E-state index >= 15 is 0 Å². The van der Waals surface area contributed by atoms with E-state index in [0.29, 0.717) is 11.3 Å². The van der Waals surface area contributed by atoms with E-state index in [9.17, 15) is 19.5 Å². The van der Waals surface area contributed by atoms with E-state index in [-0.39, 0.29) is 48.0 Å². The maximum absolute atomic E-state index is 12.6. The molecule has 31 heavy (non-hydrogen) atoms. The highest BCUT2D eigenvalue weighted by Gasteiger charge is 2.30. The number of aliphatic carboxylic acids is 1. The molecule has 10 nitrogen and oxygen atoms in total. The molecule has 1 aromatic carbocycles. The Morgan fingerprint density at radius 2 is 1.81 bits per heavy atom. The summed E-state index contributed by atoms with van der Waals surface area (Å²) in [6, 6.07) is 4.45. The Morgan fingerprint density at radius 1 is 1.13 bits per heavy atom. The smallest absolute Gasteiger partial charge is 0.343 e. The third kappa shape index (κ3) is 5.47. The van der Waals surface area contributed by atoms with Gasteiger partial charge >= 0.3 is 11.6 Å². The molecule has 0 aliphatic heterocycles. The van der Waals surface area contributed by atoms with Crippen LogP contribution in [0.4, 0.5) is 0 Å². The molecule has 2 aromatic rings. The number of rotatable bonds is 10. The van der Waals surface area contributed by atoms with Crippen molar-refractivity contribution >= 4 is 11.9 Å². The van der Waals surface area contributed by atoms with Gasteiger partial charge < -0.3 is 34.2 Å². The minimum Gasteiger partial charge on any atom is -0.507 e. The maximum atomic E-state index is 12.6. The van der Waals surface area contributed by atoms with Gasteiger partial charge in [0, 0.05) is 30.5 Å². The molecule has 0 spiro atoms. The predicted octanol–water partition coefficient (Wildman–Crippen LogP) is 1.79. The topological polar surface area (TPSA) is 145 Å². The van der Waals surface area contributed by atoms with Gasteiger partial charge in [0.25, 0.3) is 0 Å². The highest BCUT2D eigenvalue weighted by atomic mass is 16.5. The van der Waals surface area contributed by atoms with Gasteiger partial charge in [0.1, 0.15) is 11.5 Å². The minimum atomic E-state index is -1.06. The molecule has 3 N–H and O–H groups in total. The molecular weight excluding hydrogens is 410 g/mol. The maximum Gasteiger partial charge on any atom is 0.343 e. The minimum absolute atomic E-state index is 0.0849. The molecule has 0 aliphatic carbocycles. The van der Waals surface area contributed by atoms with Gasteiger partial charge in [0.2, 0.25) is 11.7 Å². The fraction of sp³-hybridized carbons (Fsp3) is 0.381. The summed E-state index contributed by atoms with van der Waals surface area (Å²) in [5.41, 5.74) is -0.567. The first-order valence-corrected chi connectivity index (χ1v) is 9.34. The number of carboxylic acid groups (broad SMARTS) is 1. The van der Waals surface area contributed by atoms with Gasteiger partial charge in [-0.2, -0.15) is 0 Å². The van der Waals surface area contributed by atoms with E-state index in [0.717, 1.165) is 0 Å². The number of ether oxygens (including phenoxy) is 3. The molecule has 168 valence electrons. The molecule has 1 heterocycles. The number of methoxy groups -OCH3 is 3. The second-order valence-corrected chi connectivity index (χ2v) is 6.62. The first kappa shape index (κ1) is 23.6. The van der Waals surface area contributed by atoms with Crippen molar-refractivity contribution in [3.63, 3.8) is 0 Å². The lowest BCUT2D eigenvalue weighted by molar-refractivity contribution is -0.136. The number of amides is 1. The standard InChI is InChI=1S/C21H25NO9/c1-11-9-14(23)18(21(27)31-11)13(10-16(24)22-8-7-17(25)26)12-5-6-15(28-2)20(30-4)19(12)29-3/h5-6,9,13,23H,7-8,10H2,1-4H3,(H,22,24)(H,25,26). The van der Waals surface area contributed by atoms with Crippen LogP contribution in [0.2, 0.25) is 0 Å². The first-order valence-electron chi connectivity index (χ1n) is 9.34. The van der Waals surface area contributed by atoms with Crippen LogP contribution in [0.5, 0.6) is 23.0 Å². The van der Waals surface area contributed by atoms with Crippen LogP contribution in [0, 0.1) is 6.92 Å². The number of hydrogen-bond donors (Lipinski definition) is 3. The fourth-order valence-electron chi connectivity index (χ4n) is 3.26. The van der Waals surface area contributed by atoms with E-state index < -0.39 is 23.4 Å². The number of benzene rings is 1. The van der Waals surface area contributed by atoms with Crippen LogP contribution in [0.1, 0.15) is 35.6 Å². The molecule has 1 atom stereocenters. The monoisotopic (exact) mass is 435 g/mol. The zero-order chi connectivity index (χ0) is 23.1. The average Bonchev–Trinajstić information content (AvgIpc) is 2.70. The lowest BCUT2D eigenvalue weighted by atomic mass is 9.87. The molecule has 0 bridgehead atoms. The SMILES string of the molecule is COc1ccc(C(CC(=O)NCCC(=O)O)c2c(O)cc(C)oc2=O)c(OC)c1OC. The summed E-state index contributed by atoms with van der Waals surface area (Å²) in [7, 11) is 4.25. The Balaban J connectivity index is 2.60. The van der Waals surface area contributed by atoms with Crippen LogP contribution < -0.4 is 25.2 Å². The van der Waals surface area contributed by atoms with Gasteiger partial charge in [0.15, 0.2) is 11.5 Å². The Kier molecular flexibility index (Phi) is 7.89. The van der Waals surface area contributed by atoms with E-state index in [1.807, 2.05) is 0 Å². The van der Waals surface area contributed by atoms with Crippen molar-refractivity contribution < 1.29 is 38.4 Å². The van der Waals surface area contributed by atoms with Crippen LogP contribution in [0.3, 0.4) is 0 Å². The summed E-state index contributed by atoms with van der Waals surface area (Å²) in [5.74, 6) is -1.87. The zero-order valence-corrected chi connectivity index (χ0v) is 17.7. The molecule has 0 saturated heterocycles. The van der Waals surface area contributed by atoms with E-state index in [2.05, 4.69) is 5.32 Å². The summed E-state index contributed by atoms with van der Waals surface area (Å²) in [5, 5.41) is 21.7. The number of aryl methyl sites for hydroxylation is 1. The van der Waals surface area contributed by atoms with E-state index in [1.54, 1.807) is 12.1 Å². The van der Waals surface area contributed by atoms with Crippen molar-refractivity contribution in [3.05, 3.63) is 45.5 Å². The van der Waals surface area contributed by atoms with Crippen molar-refractivity contribution in [3.8, 4) is 23.0 Å². The normalized spacial score (nSPS) is 11.5. The van der Waals surface area contributed by atoms with E-state index in [1.165, 1.54) is 34.3 Å². The van der Waals surface area contributed by atoms with Gasteiger partial charge in [-0.05, 0) is 13.0 Å². The molecule has 2 rings (SSSR count). The summed E-state index contributed by atoms with van der Waals surface area (Å²) >= 11 is 0. The molecule has 1 aromatic heterocycles. The zero-order valence-electron chi connectivity index (χ0n) is 17.7. The number of nitrogens with one attached hydrogen (secondary N) is 1. The third-order valence-electron chi connectivity index (χ3n) is 4.60. The molecule has 10 heteroatoms. The second-order valence-electron chi connectivity index (χ2n) is 6.62. The van der Waals surface area contributed by atoms with Gasteiger partial charge in [0.05, 0.1) is 33.3 Å². The second kappa shape index (κ2) is 10.4. The summed E-state index contributed by atoms with van der Waals surface area (Å²) in [6.07, 6.45) is -0.541. The lowest BCUT2D eigenvalue weighted by Crippen LogP contribution is -2.29. The summed E-state index contributed by atoms with van der Waals surface area (Å²) < 4.78 is 21.3. The molecule has 0 fully saturated rings. The Bertz CT molecular complexity index is 1010. The molecule has 1 unspecified atom stereocenters. The summed E-state index contributed by atoms with van der Waals surface area (Å²) in [6.45, 7) is 1.42. The van der Waals surface area contributed by atoms with Crippen molar-refractivity contribution in [2.24, 2.45) is 0 Å². The average molecular weight is 435 g/mol. The van der Waals surface area contributed by atoms with Crippen LogP contribution in [0.25, 0.3) is 0 Å². The van der Waals surface area contributed by atoms with Crippen molar-refractivity contribution in [1.29, 1.82) is 0 Å². The van der Waals surface area contributed by atoms with Gasteiger partial charge in [-0.25, -0.2) is 4.79 Å². The number of hydrogen-bond acceptors (Lipinski definition) is 8. The quantitative estimate of drug-likeness (QED) is 0.508. The number of carbonyl (C=O) groups is 2. The fourth-order valence-corrected chi connectivity index (χ4v) is 3.26. The number of carboxylic acids is 1. The highest BCUT2D eigenvalue weighted by molar-refractivity contribution is 5.79. The highest BCUT2D eigenvalue weighted by Crippen LogP contribution is 2.45. The Labute approximate surface area is 178 Å². The summed E-state index contributed by atoms with van der Waals surface area (Å²) in [4.78, 5) is 35.8. The van der Waals surface area contributed by atoms with Crippen LogP contribution in [-0.2, 0) is 9.59 Å². The molecule has 1 amide bonds. The molecule has 0 saturated carbocycles. The van der Waals surface area contributed by atoms with Crippen LogP contribution in [-0.4, -0.2) is 50.0 Å². The number of aromatic hydroxyl groups is 1. The lowest BCUT2D eigenvalue weighted by Gasteiger charge is -2.22. The third-order valence-corrected chi connectivity index (χ3v) is 4.60. The van der Waals surface area contributed by atoms with Gasteiger partial charge in [-0.1, -0.05) is 6.07 Å². The van der Waals surface area contributed by atoms with Crippen molar-refractivity contribution in [2.45, 2.75) is 25.7 Å². The number of carbonyl (C=O) groups excluding carboxylic acids is 1. The molecule has 0 radical (unpaired) electrons.